The average Bonchev–Trinajstić information content (AvgIpc) is 3.01. The Balaban J connectivity index is 1.60. The van der Waals surface area contributed by atoms with Crippen LogP contribution in [-0.2, 0) is 0 Å². The van der Waals surface area contributed by atoms with Crippen molar-refractivity contribution in [2.75, 3.05) is 0 Å². The van der Waals surface area contributed by atoms with Crippen LogP contribution in [0.2, 0.25) is 0 Å². The van der Waals surface area contributed by atoms with Crippen LogP contribution in [0.15, 0.2) is 133 Å². The third-order valence-corrected chi connectivity index (χ3v) is 7.62. The Morgan fingerprint density at radius 3 is 1.12 bits per heavy atom. The molecule has 5 aromatic carbocycles. The average molecular weight is 513 g/mol. The van der Waals surface area contributed by atoms with Crippen molar-refractivity contribution in [1.29, 1.82) is 0 Å². The van der Waals surface area contributed by atoms with E-state index >= 15 is 0 Å². The van der Waals surface area contributed by atoms with Crippen molar-refractivity contribution < 1.29 is 0 Å². The summed E-state index contributed by atoms with van der Waals surface area (Å²) >= 11 is 0. The first-order valence-corrected chi connectivity index (χ1v) is 13.7. The Kier molecular flexibility index (Phi) is 5.94. The monoisotopic (exact) mass is 512 g/mol. The molecule has 40 heavy (non-hydrogen) atoms. The molecule has 0 aliphatic rings. The van der Waals surface area contributed by atoms with Gasteiger partial charge in [0.15, 0.2) is 0 Å². The number of pyridine rings is 2. The van der Waals surface area contributed by atoms with Crippen molar-refractivity contribution in [3.05, 3.63) is 145 Å². The summed E-state index contributed by atoms with van der Waals surface area (Å²) in [6.07, 6.45) is 0. The number of hydrogen-bond donors (Lipinski definition) is 0. The molecular formula is C38H28N2. The van der Waals surface area contributed by atoms with Gasteiger partial charge in [-0.1, -0.05) is 132 Å². The third kappa shape index (κ3) is 4.34. The second-order valence-electron chi connectivity index (χ2n) is 10.4. The maximum absolute atomic E-state index is 5.30. The quantitative estimate of drug-likeness (QED) is 0.219. The van der Waals surface area contributed by atoms with Gasteiger partial charge < -0.3 is 0 Å². The molecule has 190 valence electrons. The number of nitrogens with zero attached hydrogens (tertiary/aromatic N) is 2. The van der Waals surface area contributed by atoms with E-state index in [9.17, 15) is 0 Å². The lowest BCUT2D eigenvalue weighted by molar-refractivity contribution is 1.36. The van der Waals surface area contributed by atoms with E-state index in [-0.39, 0.29) is 0 Å². The number of rotatable bonds is 4. The molecule has 2 heterocycles. The van der Waals surface area contributed by atoms with Gasteiger partial charge in [-0.2, -0.15) is 0 Å². The van der Waals surface area contributed by atoms with Crippen LogP contribution in [-0.4, -0.2) is 9.97 Å². The van der Waals surface area contributed by atoms with E-state index in [2.05, 4.69) is 135 Å². The SMILES string of the molecule is Cc1ccc(-c2cc(-c3ccccc3)nc3c2ccc2c(-c4ccc(C)cc4)cc(-c4ccccc4)nc23)cc1. The summed E-state index contributed by atoms with van der Waals surface area (Å²) in [6, 6.07) is 47.2. The molecule has 2 nitrogen and oxygen atoms in total. The highest BCUT2D eigenvalue weighted by Gasteiger charge is 2.17. The molecule has 0 atom stereocenters. The molecule has 0 aliphatic carbocycles. The first-order valence-electron chi connectivity index (χ1n) is 13.7. The standard InChI is InChI=1S/C38H28N2/c1-25-13-17-27(18-14-25)33-23-35(29-9-5-3-6-10-29)39-37-31(33)21-22-32-34(28-19-15-26(2)16-20-28)24-36(40-38(32)37)30-11-7-4-8-12-30/h3-24H,1-2H3. The first-order chi connectivity index (χ1) is 19.6. The van der Waals surface area contributed by atoms with Gasteiger partial charge in [-0.3, -0.25) is 0 Å². The molecule has 0 spiro atoms. The van der Waals surface area contributed by atoms with Gasteiger partial charge in [-0.25, -0.2) is 9.97 Å². The molecule has 0 radical (unpaired) electrons. The molecule has 0 fully saturated rings. The highest BCUT2D eigenvalue weighted by atomic mass is 14.8. The first kappa shape index (κ1) is 24.0. The molecule has 0 unspecified atom stereocenters. The summed E-state index contributed by atoms with van der Waals surface area (Å²) in [5.41, 5.74) is 13.1. The lowest BCUT2D eigenvalue weighted by Crippen LogP contribution is -1.95. The van der Waals surface area contributed by atoms with Crippen molar-refractivity contribution in [2.45, 2.75) is 13.8 Å². The maximum atomic E-state index is 5.30. The zero-order chi connectivity index (χ0) is 27.1. The summed E-state index contributed by atoms with van der Waals surface area (Å²) in [7, 11) is 0. The second kappa shape index (κ2) is 9.91. The van der Waals surface area contributed by atoms with Crippen LogP contribution >= 0.6 is 0 Å². The lowest BCUT2D eigenvalue weighted by Gasteiger charge is -2.15. The molecular weight excluding hydrogens is 484 g/mol. The van der Waals surface area contributed by atoms with Gasteiger partial charge in [0.05, 0.1) is 22.4 Å². The van der Waals surface area contributed by atoms with E-state index in [4.69, 9.17) is 9.97 Å². The van der Waals surface area contributed by atoms with E-state index in [1.54, 1.807) is 0 Å². The Hall–Kier alpha value is -5.08. The number of fused-ring (bicyclic) bond motifs is 3. The normalized spacial score (nSPS) is 11.2. The second-order valence-corrected chi connectivity index (χ2v) is 10.4. The minimum atomic E-state index is 0.917. The van der Waals surface area contributed by atoms with Gasteiger partial charge in [-0.05, 0) is 48.2 Å². The zero-order valence-electron chi connectivity index (χ0n) is 22.6. The van der Waals surface area contributed by atoms with Gasteiger partial charge in [0.1, 0.15) is 0 Å². The van der Waals surface area contributed by atoms with Crippen LogP contribution in [0.5, 0.6) is 0 Å². The van der Waals surface area contributed by atoms with Crippen LogP contribution in [0.1, 0.15) is 11.1 Å². The maximum Gasteiger partial charge on any atom is 0.0978 e. The summed E-state index contributed by atoms with van der Waals surface area (Å²) < 4.78 is 0. The Morgan fingerprint density at radius 2 is 0.750 bits per heavy atom. The topological polar surface area (TPSA) is 25.8 Å². The van der Waals surface area contributed by atoms with E-state index in [0.29, 0.717) is 0 Å². The summed E-state index contributed by atoms with van der Waals surface area (Å²) in [5, 5.41) is 2.20. The van der Waals surface area contributed by atoms with Crippen molar-refractivity contribution in [1.82, 2.24) is 9.97 Å². The predicted molar refractivity (Wildman–Crippen MR) is 168 cm³/mol. The van der Waals surface area contributed by atoms with E-state index < -0.39 is 0 Å². The van der Waals surface area contributed by atoms with Gasteiger partial charge in [0.25, 0.3) is 0 Å². The van der Waals surface area contributed by atoms with Crippen LogP contribution in [0, 0.1) is 13.8 Å². The van der Waals surface area contributed by atoms with E-state index in [1.165, 1.54) is 22.3 Å². The fraction of sp³-hybridized carbons (Fsp3) is 0.0526. The predicted octanol–water partition coefficient (Wildman–Crippen LogP) is 10.1. The Labute approximate surface area is 234 Å². The molecule has 2 aromatic heterocycles. The van der Waals surface area contributed by atoms with Gasteiger partial charge >= 0.3 is 0 Å². The van der Waals surface area contributed by atoms with Crippen molar-refractivity contribution in [3.8, 4) is 44.8 Å². The lowest BCUT2D eigenvalue weighted by atomic mass is 9.93. The van der Waals surface area contributed by atoms with Crippen molar-refractivity contribution in [2.24, 2.45) is 0 Å². The summed E-state index contributed by atoms with van der Waals surface area (Å²) in [5.74, 6) is 0. The highest BCUT2D eigenvalue weighted by molar-refractivity contribution is 6.13. The molecule has 0 saturated carbocycles. The Morgan fingerprint density at radius 1 is 0.375 bits per heavy atom. The third-order valence-electron chi connectivity index (χ3n) is 7.62. The van der Waals surface area contributed by atoms with Gasteiger partial charge in [-0.15, -0.1) is 0 Å². The summed E-state index contributed by atoms with van der Waals surface area (Å²) in [4.78, 5) is 10.6. The summed E-state index contributed by atoms with van der Waals surface area (Å²) in [6.45, 7) is 4.25. The molecule has 7 aromatic rings. The zero-order valence-corrected chi connectivity index (χ0v) is 22.6. The minimum Gasteiger partial charge on any atom is -0.245 e. The number of aryl methyl sites for hydroxylation is 2. The molecule has 0 saturated heterocycles. The highest BCUT2D eigenvalue weighted by Crippen LogP contribution is 2.39. The molecule has 0 amide bonds. The van der Waals surface area contributed by atoms with Crippen LogP contribution in [0.3, 0.4) is 0 Å². The van der Waals surface area contributed by atoms with Crippen molar-refractivity contribution >= 4 is 21.8 Å². The van der Waals surface area contributed by atoms with Gasteiger partial charge in [0.2, 0.25) is 0 Å². The minimum absolute atomic E-state index is 0.917. The molecule has 7 rings (SSSR count). The molecule has 0 bridgehead atoms. The molecule has 2 heteroatoms. The van der Waals surface area contributed by atoms with Crippen LogP contribution < -0.4 is 0 Å². The van der Waals surface area contributed by atoms with Crippen molar-refractivity contribution in [3.63, 3.8) is 0 Å². The largest absolute Gasteiger partial charge is 0.245 e. The fourth-order valence-electron chi connectivity index (χ4n) is 5.43. The molecule has 0 aliphatic heterocycles. The van der Waals surface area contributed by atoms with E-state index in [0.717, 1.165) is 55.4 Å². The van der Waals surface area contributed by atoms with Crippen LogP contribution in [0.4, 0.5) is 0 Å². The van der Waals surface area contributed by atoms with E-state index in [1.807, 2.05) is 12.1 Å². The smallest absolute Gasteiger partial charge is 0.0978 e. The van der Waals surface area contributed by atoms with Gasteiger partial charge in [0, 0.05) is 21.9 Å². The number of hydrogen-bond acceptors (Lipinski definition) is 2. The number of benzene rings is 5. The van der Waals surface area contributed by atoms with Crippen LogP contribution in [0.25, 0.3) is 66.6 Å². The number of aromatic nitrogens is 2. The fourth-order valence-corrected chi connectivity index (χ4v) is 5.43. The molecule has 0 N–H and O–H groups in total. The Bertz CT molecular complexity index is 1830.